The molecule has 0 aromatic rings. The Balaban J connectivity index is 1.60. The van der Waals surface area contributed by atoms with Gasteiger partial charge in [0.1, 0.15) is 0 Å². The molecule has 0 aliphatic heterocycles. The van der Waals surface area contributed by atoms with Crippen LogP contribution < -0.4 is 0 Å². The molecule has 28 heavy (non-hydrogen) atoms. The van der Waals surface area contributed by atoms with Crippen molar-refractivity contribution in [1.29, 1.82) is 0 Å². The summed E-state index contributed by atoms with van der Waals surface area (Å²) < 4.78 is 0. The predicted molar refractivity (Wildman–Crippen MR) is 105 cm³/mol. The van der Waals surface area contributed by atoms with E-state index in [1.54, 1.807) is 0 Å². The van der Waals surface area contributed by atoms with E-state index in [1.165, 1.54) is 5.57 Å². The summed E-state index contributed by atoms with van der Waals surface area (Å²) in [7, 11) is 0. The van der Waals surface area contributed by atoms with E-state index >= 15 is 0 Å². The molecule has 10 atom stereocenters. The van der Waals surface area contributed by atoms with Crippen molar-refractivity contribution in [3.63, 3.8) is 0 Å². The minimum atomic E-state index is -0.754. The van der Waals surface area contributed by atoms with Crippen LogP contribution >= 0.6 is 0 Å². The summed E-state index contributed by atoms with van der Waals surface area (Å²) in [5.74, 6) is 0.943. The van der Waals surface area contributed by atoms with Crippen molar-refractivity contribution >= 4 is 5.97 Å². The summed E-state index contributed by atoms with van der Waals surface area (Å²) in [4.78, 5) is 11.0. The summed E-state index contributed by atoms with van der Waals surface area (Å²) in [6.07, 6.45) is 6.82. The second kappa shape index (κ2) is 7.41. The zero-order chi connectivity index (χ0) is 20.2. The van der Waals surface area contributed by atoms with E-state index in [9.17, 15) is 20.1 Å². The first-order chi connectivity index (χ1) is 13.2. The van der Waals surface area contributed by atoms with Crippen molar-refractivity contribution in [2.75, 3.05) is 0 Å². The van der Waals surface area contributed by atoms with E-state index in [1.807, 2.05) is 6.08 Å². The molecule has 0 aromatic heterocycles. The lowest BCUT2D eigenvalue weighted by Gasteiger charge is -2.57. The van der Waals surface area contributed by atoms with Gasteiger partial charge in [-0.2, -0.15) is 0 Å². The first-order valence-electron chi connectivity index (χ1n) is 11.2. The first kappa shape index (κ1) is 20.4. The summed E-state index contributed by atoms with van der Waals surface area (Å²) in [6.45, 7) is 4.34. The normalized spacial score (nSPS) is 48.8. The monoisotopic (exact) mass is 392 g/mol. The van der Waals surface area contributed by atoms with Gasteiger partial charge >= 0.3 is 5.97 Å². The molecule has 0 saturated heterocycles. The predicted octanol–water partition coefficient (Wildman–Crippen LogP) is 2.98. The van der Waals surface area contributed by atoms with Crippen molar-refractivity contribution in [2.24, 2.45) is 40.9 Å². The molecule has 0 radical (unpaired) electrons. The van der Waals surface area contributed by atoms with Crippen LogP contribution in [0, 0.1) is 40.9 Å². The molecule has 4 N–H and O–H groups in total. The van der Waals surface area contributed by atoms with Gasteiger partial charge in [0.05, 0.1) is 18.3 Å². The molecule has 3 saturated carbocycles. The topological polar surface area (TPSA) is 98.0 Å². The Hall–Kier alpha value is -0.910. The summed E-state index contributed by atoms with van der Waals surface area (Å²) in [6, 6.07) is 0. The van der Waals surface area contributed by atoms with Crippen LogP contribution in [-0.4, -0.2) is 44.7 Å². The number of carbonyl (C=O) groups is 1. The first-order valence-corrected chi connectivity index (χ1v) is 11.2. The highest BCUT2D eigenvalue weighted by Crippen LogP contribution is 2.64. The van der Waals surface area contributed by atoms with Gasteiger partial charge in [-0.25, -0.2) is 0 Å². The number of aliphatic carboxylic acids is 1. The number of carboxylic acids is 1. The van der Waals surface area contributed by atoms with Gasteiger partial charge in [-0.05, 0) is 85.9 Å². The number of hydrogen-bond acceptors (Lipinski definition) is 4. The van der Waals surface area contributed by atoms with Crippen LogP contribution in [0.2, 0.25) is 0 Å². The van der Waals surface area contributed by atoms with Gasteiger partial charge < -0.3 is 20.4 Å². The van der Waals surface area contributed by atoms with E-state index < -0.39 is 18.2 Å². The Labute approximate surface area is 167 Å². The molecule has 3 fully saturated rings. The van der Waals surface area contributed by atoms with E-state index in [2.05, 4.69) is 13.8 Å². The molecule has 5 heteroatoms. The third-order valence-corrected chi connectivity index (χ3v) is 9.11. The number of carboxylic acid groups (broad SMARTS) is 1. The standard InChI is InChI=1S/C23H36O5/c1-12(3-8-21(27)28)17-6-7-18-22-16(11-20(26)23(17,18)2)15-5-4-14(24)9-13(15)10-19(22)25/h10,12,14-20,22,24-26H,3-9,11H2,1-2H3,(H,27,28)/t12?,14?,15?,16?,17?,18?,19?,20?,22?,23-/m1/s1. The minimum Gasteiger partial charge on any atom is -0.481 e. The zero-order valence-corrected chi connectivity index (χ0v) is 17.1. The quantitative estimate of drug-likeness (QED) is 0.552. The SMILES string of the molecule is CC(CCC(=O)O)C1CCC2C3C(O)C=C4CC(O)CCC4C3CC(O)[C@]12C. The molecule has 0 spiro atoms. The van der Waals surface area contributed by atoms with E-state index in [0.717, 1.165) is 32.1 Å². The molecule has 5 nitrogen and oxygen atoms in total. The highest BCUT2D eigenvalue weighted by atomic mass is 16.4. The number of fused-ring (bicyclic) bond motifs is 5. The molecule has 0 bridgehead atoms. The third-order valence-electron chi connectivity index (χ3n) is 9.11. The molecule has 0 aromatic carbocycles. The van der Waals surface area contributed by atoms with Crippen LogP contribution in [0.5, 0.6) is 0 Å². The largest absolute Gasteiger partial charge is 0.481 e. The molecule has 158 valence electrons. The summed E-state index contributed by atoms with van der Waals surface area (Å²) >= 11 is 0. The maximum atomic E-state index is 11.3. The average molecular weight is 393 g/mol. The van der Waals surface area contributed by atoms with Crippen LogP contribution in [-0.2, 0) is 4.79 Å². The second-order valence-electron chi connectivity index (χ2n) is 10.3. The maximum absolute atomic E-state index is 11.3. The fourth-order valence-corrected chi connectivity index (χ4v) is 7.79. The highest BCUT2D eigenvalue weighted by Gasteiger charge is 2.62. The molecule has 4 aliphatic carbocycles. The summed E-state index contributed by atoms with van der Waals surface area (Å²) in [5, 5.41) is 41.5. The van der Waals surface area contributed by atoms with Gasteiger partial charge in [-0.3, -0.25) is 4.79 Å². The van der Waals surface area contributed by atoms with Gasteiger partial charge in [-0.15, -0.1) is 0 Å². The lowest BCUT2D eigenvalue weighted by Crippen LogP contribution is -2.57. The maximum Gasteiger partial charge on any atom is 0.303 e. The van der Waals surface area contributed by atoms with Crippen molar-refractivity contribution in [3.05, 3.63) is 11.6 Å². The van der Waals surface area contributed by atoms with E-state index in [-0.39, 0.29) is 35.7 Å². The summed E-state index contributed by atoms with van der Waals surface area (Å²) in [5.41, 5.74) is 0.951. The molecule has 4 aliphatic rings. The van der Waals surface area contributed by atoms with Gasteiger partial charge in [0.15, 0.2) is 0 Å². The highest BCUT2D eigenvalue weighted by molar-refractivity contribution is 5.66. The lowest BCUT2D eigenvalue weighted by atomic mass is 9.49. The Morgan fingerprint density at radius 2 is 1.96 bits per heavy atom. The van der Waals surface area contributed by atoms with Crippen molar-refractivity contribution in [2.45, 2.75) is 83.5 Å². The van der Waals surface area contributed by atoms with Crippen LogP contribution in [0.3, 0.4) is 0 Å². The molecule has 0 amide bonds. The van der Waals surface area contributed by atoms with Gasteiger partial charge in [-0.1, -0.05) is 25.5 Å². The number of hydrogen-bond donors (Lipinski definition) is 4. The van der Waals surface area contributed by atoms with Crippen molar-refractivity contribution in [3.8, 4) is 0 Å². The molecular weight excluding hydrogens is 356 g/mol. The van der Waals surface area contributed by atoms with Crippen molar-refractivity contribution < 1.29 is 25.2 Å². The number of aliphatic hydroxyl groups excluding tert-OH is 3. The van der Waals surface area contributed by atoms with Gasteiger partial charge in [0, 0.05) is 6.42 Å². The van der Waals surface area contributed by atoms with E-state index in [4.69, 9.17) is 5.11 Å². The molecule has 0 heterocycles. The number of rotatable bonds is 4. The minimum absolute atomic E-state index is 0.175. The zero-order valence-electron chi connectivity index (χ0n) is 17.1. The van der Waals surface area contributed by atoms with E-state index in [0.29, 0.717) is 30.6 Å². The smallest absolute Gasteiger partial charge is 0.303 e. The Morgan fingerprint density at radius 3 is 2.68 bits per heavy atom. The van der Waals surface area contributed by atoms with Crippen molar-refractivity contribution in [1.82, 2.24) is 0 Å². The fraction of sp³-hybridized carbons (Fsp3) is 0.870. The van der Waals surface area contributed by atoms with Gasteiger partial charge in [0.25, 0.3) is 0 Å². The van der Waals surface area contributed by atoms with Gasteiger partial charge in [0.2, 0.25) is 0 Å². The van der Waals surface area contributed by atoms with Crippen LogP contribution in [0.4, 0.5) is 0 Å². The number of aliphatic hydroxyl groups is 3. The third kappa shape index (κ3) is 3.14. The molecular formula is C23H36O5. The Morgan fingerprint density at radius 1 is 1.21 bits per heavy atom. The molecule has 9 unspecified atom stereocenters. The molecule has 4 rings (SSSR count). The fourth-order valence-electron chi connectivity index (χ4n) is 7.79. The Kier molecular flexibility index (Phi) is 5.39. The van der Waals surface area contributed by atoms with Crippen LogP contribution in [0.25, 0.3) is 0 Å². The van der Waals surface area contributed by atoms with Crippen LogP contribution in [0.1, 0.15) is 65.2 Å². The van der Waals surface area contributed by atoms with Crippen LogP contribution in [0.15, 0.2) is 11.6 Å². The second-order valence-corrected chi connectivity index (χ2v) is 10.3. The average Bonchev–Trinajstić information content (AvgIpc) is 2.98. The lowest BCUT2D eigenvalue weighted by molar-refractivity contribution is -0.145. The Bertz CT molecular complexity index is 645.